The summed E-state index contributed by atoms with van der Waals surface area (Å²) in [5.41, 5.74) is 5.22. The van der Waals surface area contributed by atoms with Crippen molar-refractivity contribution in [3.05, 3.63) is 90.6 Å². The molecule has 2 heterocycles. The normalized spacial score (nSPS) is 16.1. The topological polar surface area (TPSA) is 52.6 Å². The highest BCUT2D eigenvalue weighted by molar-refractivity contribution is 5.63. The first-order valence-corrected chi connectivity index (χ1v) is 8.64. The number of hydroxylamine groups is 1. The number of aromatic nitrogens is 1. The lowest BCUT2D eigenvalue weighted by Crippen LogP contribution is -2.17. The SMILES string of the molecule is FC(F)(F)Oc1ccc(C2C=C(Oc3cncc(-c4ccccc4)c3)NO2)cc1. The van der Waals surface area contributed by atoms with Crippen molar-refractivity contribution in [1.82, 2.24) is 10.5 Å². The van der Waals surface area contributed by atoms with E-state index in [0.717, 1.165) is 11.1 Å². The molecule has 0 saturated carbocycles. The van der Waals surface area contributed by atoms with Gasteiger partial charge in [-0.05, 0) is 29.3 Å². The molecule has 0 amide bonds. The average molecular weight is 400 g/mol. The van der Waals surface area contributed by atoms with Gasteiger partial charge in [-0.1, -0.05) is 42.5 Å². The van der Waals surface area contributed by atoms with Gasteiger partial charge in [0.2, 0.25) is 5.88 Å². The molecule has 0 bridgehead atoms. The maximum atomic E-state index is 12.2. The number of halogens is 3. The smallest absolute Gasteiger partial charge is 0.438 e. The number of ether oxygens (including phenoxy) is 2. The molecule has 1 aromatic heterocycles. The summed E-state index contributed by atoms with van der Waals surface area (Å²) in [5, 5.41) is 0. The molecule has 148 valence electrons. The predicted octanol–water partition coefficient (Wildman–Crippen LogP) is 5.14. The Morgan fingerprint density at radius 2 is 1.66 bits per heavy atom. The van der Waals surface area contributed by atoms with Crippen LogP contribution in [-0.2, 0) is 4.84 Å². The van der Waals surface area contributed by atoms with Gasteiger partial charge >= 0.3 is 6.36 Å². The van der Waals surface area contributed by atoms with E-state index in [9.17, 15) is 13.2 Å². The number of hydrogen-bond donors (Lipinski definition) is 1. The Labute approximate surface area is 164 Å². The molecule has 0 radical (unpaired) electrons. The molecular weight excluding hydrogens is 385 g/mol. The molecule has 29 heavy (non-hydrogen) atoms. The van der Waals surface area contributed by atoms with Gasteiger partial charge in [0.25, 0.3) is 0 Å². The Bertz CT molecular complexity index is 1010. The Kier molecular flexibility index (Phi) is 5.09. The number of pyridine rings is 1. The molecular formula is C21H15F3N2O3. The van der Waals surface area contributed by atoms with Gasteiger partial charge in [-0.15, -0.1) is 13.2 Å². The maximum Gasteiger partial charge on any atom is 0.573 e. The lowest BCUT2D eigenvalue weighted by Gasteiger charge is -2.11. The second kappa shape index (κ2) is 7.84. The summed E-state index contributed by atoms with van der Waals surface area (Å²) in [7, 11) is 0. The lowest BCUT2D eigenvalue weighted by atomic mass is 10.1. The fourth-order valence-electron chi connectivity index (χ4n) is 2.80. The van der Waals surface area contributed by atoms with E-state index in [0.29, 0.717) is 17.2 Å². The zero-order valence-electron chi connectivity index (χ0n) is 14.9. The summed E-state index contributed by atoms with van der Waals surface area (Å²) < 4.78 is 46.4. The number of alkyl halides is 3. The van der Waals surface area contributed by atoms with Crippen LogP contribution >= 0.6 is 0 Å². The number of nitrogens with one attached hydrogen (secondary N) is 1. The zero-order chi connectivity index (χ0) is 20.3. The Morgan fingerprint density at radius 1 is 0.897 bits per heavy atom. The molecule has 1 aliphatic heterocycles. The van der Waals surface area contributed by atoms with E-state index in [4.69, 9.17) is 9.57 Å². The first kappa shape index (κ1) is 18.8. The second-order valence-corrected chi connectivity index (χ2v) is 6.17. The van der Waals surface area contributed by atoms with Crippen LogP contribution in [0.3, 0.4) is 0 Å². The van der Waals surface area contributed by atoms with Gasteiger partial charge in [0, 0.05) is 17.8 Å². The molecule has 0 aliphatic carbocycles. The second-order valence-electron chi connectivity index (χ2n) is 6.17. The van der Waals surface area contributed by atoms with Gasteiger partial charge in [-0.2, -0.15) is 0 Å². The standard InChI is InChI=1S/C21H15F3N2O3/c22-21(23,24)28-17-8-6-15(7-9-17)19-11-20(26-29-19)27-18-10-16(12-25-13-18)14-4-2-1-3-5-14/h1-13,19,26H. The van der Waals surface area contributed by atoms with Crippen molar-refractivity contribution in [2.75, 3.05) is 0 Å². The molecule has 1 atom stereocenters. The third kappa shape index (κ3) is 4.85. The molecule has 2 aromatic carbocycles. The zero-order valence-corrected chi connectivity index (χ0v) is 14.9. The van der Waals surface area contributed by atoms with Gasteiger partial charge in [-0.25, -0.2) is 5.48 Å². The molecule has 4 rings (SSSR count). The van der Waals surface area contributed by atoms with Crippen molar-refractivity contribution in [1.29, 1.82) is 0 Å². The lowest BCUT2D eigenvalue weighted by molar-refractivity contribution is -0.274. The van der Waals surface area contributed by atoms with Crippen LogP contribution in [0.2, 0.25) is 0 Å². The van der Waals surface area contributed by atoms with Crippen molar-refractivity contribution < 1.29 is 27.5 Å². The summed E-state index contributed by atoms with van der Waals surface area (Å²) in [6, 6.07) is 17.0. The molecule has 3 aromatic rings. The minimum Gasteiger partial charge on any atom is -0.438 e. The van der Waals surface area contributed by atoms with E-state index in [1.54, 1.807) is 18.5 Å². The van der Waals surface area contributed by atoms with E-state index < -0.39 is 12.5 Å². The monoisotopic (exact) mass is 400 g/mol. The van der Waals surface area contributed by atoms with Gasteiger partial charge in [-0.3, -0.25) is 9.82 Å². The number of hydrogen-bond acceptors (Lipinski definition) is 5. The Morgan fingerprint density at radius 3 is 2.38 bits per heavy atom. The van der Waals surface area contributed by atoms with Gasteiger partial charge < -0.3 is 9.47 Å². The van der Waals surface area contributed by atoms with Crippen LogP contribution in [0.4, 0.5) is 13.2 Å². The summed E-state index contributed by atoms with van der Waals surface area (Å²) in [4.78, 5) is 9.62. The molecule has 0 spiro atoms. The van der Waals surface area contributed by atoms with Crippen LogP contribution in [0.15, 0.2) is 85.0 Å². The van der Waals surface area contributed by atoms with Crippen molar-refractivity contribution in [2.45, 2.75) is 12.5 Å². The van der Waals surface area contributed by atoms with Crippen LogP contribution < -0.4 is 15.0 Å². The average Bonchev–Trinajstić information content (AvgIpc) is 3.17. The largest absolute Gasteiger partial charge is 0.573 e. The van der Waals surface area contributed by atoms with Crippen LogP contribution in [0.25, 0.3) is 11.1 Å². The molecule has 0 saturated heterocycles. The number of rotatable bonds is 5. The van der Waals surface area contributed by atoms with Crippen molar-refractivity contribution in [3.8, 4) is 22.6 Å². The van der Waals surface area contributed by atoms with Gasteiger partial charge in [0.1, 0.15) is 17.6 Å². The van der Waals surface area contributed by atoms with Crippen molar-refractivity contribution >= 4 is 0 Å². The summed E-state index contributed by atoms with van der Waals surface area (Å²) in [6.45, 7) is 0. The molecule has 1 unspecified atom stereocenters. The third-order valence-corrected chi connectivity index (χ3v) is 4.08. The third-order valence-electron chi connectivity index (χ3n) is 4.08. The first-order chi connectivity index (χ1) is 14.0. The Hall–Kier alpha value is -3.52. The van der Waals surface area contributed by atoms with Gasteiger partial charge in [0.05, 0.1) is 6.20 Å². The number of nitrogens with zero attached hydrogens (tertiary/aromatic N) is 1. The highest BCUT2D eigenvalue weighted by Crippen LogP contribution is 2.29. The summed E-state index contributed by atoms with van der Waals surface area (Å²) in [5.74, 6) is 0.581. The van der Waals surface area contributed by atoms with E-state index in [1.165, 1.54) is 24.3 Å². The Balaban J connectivity index is 1.44. The molecule has 1 aliphatic rings. The minimum absolute atomic E-state index is 0.295. The fourth-order valence-corrected chi connectivity index (χ4v) is 2.80. The molecule has 8 heteroatoms. The first-order valence-electron chi connectivity index (χ1n) is 8.64. The molecule has 1 N–H and O–H groups in total. The van der Waals surface area contributed by atoms with E-state index in [1.807, 2.05) is 36.4 Å². The predicted molar refractivity (Wildman–Crippen MR) is 98.5 cm³/mol. The van der Waals surface area contributed by atoms with Gasteiger partial charge in [0.15, 0.2) is 0 Å². The van der Waals surface area contributed by atoms with Crippen LogP contribution in [0, 0.1) is 0 Å². The highest BCUT2D eigenvalue weighted by Gasteiger charge is 2.31. The van der Waals surface area contributed by atoms with E-state index in [-0.39, 0.29) is 5.75 Å². The maximum absolute atomic E-state index is 12.2. The minimum atomic E-state index is -4.73. The number of benzene rings is 2. The fraction of sp³-hybridized carbons (Fsp3) is 0.0952. The van der Waals surface area contributed by atoms with Crippen molar-refractivity contribution in [2.24, 2.45) is 0 Å². The summed E-state index contributed by atoms with van der Waals surface area (Å²) in [6.07, 6.45) is -0.255. The quantitative estimate of drug-likeness (QED) is 0.643. The van der Waals surface area contributed by atoms with Crippen molar-refractivity contribution in [3.63, 3.8) is 0 Å². The molecule has 5 nitrogen and oxygen atoms in total. The van der Waals surface area contributed by atoms with Crippen LogP contribution in [0.1, 0.15) is 11.7 Å². The van der Waals surface area contributed by atoms with Crippen LogP contribution in [-0.4, -0.2) is 11.3 Å². The van der Waals surface area contributed by atoms with E-state index in [2.05, 4.69) is 15.2 Å². The highest BCUT2D eigenvalue weighted by atomic mass is 19.4. The summed E-state index contributed by atoms with van der Waals surface area (Å²) >= 11 is 0. The molecule has 0 fully saturated rings. The van der Waals surface area contributed by atoms with Crippen LogP contribution in [0.5, 0.6) is 11.5 Å². The van der Waals surface area contributed by atoms with E-state index >= 15 is 0 Å².